The maximum atomic E-state index is 11.5. The molecule has 2 rings (SSSR count). The number of aromatic nitrogens is 2. The number of hydrogen-bond donors (Lipinski definition) is 1. The van der Waals surface area contributed by atoms with Crippen LogP contribution >= 0.6 is 15.9 Å². The lowest BCUT2D eigenvalue weighted by Crippen LogP contribution is -2.28. The van der Waals surface area contributed by atoms with Gasteiger partial charge in [-0.1, -0.05) is 15.9 Å². The molecule has 0 spiro atoms. The summed E-state index contributed by atoms with van der Waals surface area (Å²) in [5.41, 5.74) is 7.57. The van der Waals surface area contributed by atoms with Crippen LogP contribution < -0.4 is 10.5 Å². The molecule has 14 heavy (non-hydrogen) atoms. The standard InChI is InChI=1S/C9H8BrN3O/c1-5-2-6(10)3-7-9(5)12-8(11)4-13(7)14/h2-4H,1H3,(H2,11,12). The first-order valence-corrected chi connectivity index (χ1v) is 4.83. The molecule has 72 valence electrons. The SMILES string of the molecule is Cc1cc(Br)cc2c1nc(N)c[n+]2[O-]. The Morgan fingerprint density at radius 3 is 2.93 bits per heavy atom. The van der Waals surface area contributed by atoms with E-state index in [-0.39, 0.29) is 5.82 Å². The van der Waals surface area contributed by atoms with Gasteiger partial charge in [0.15, 0.2) is 5.82 Å². The molecule has 0 aliphatic rings. The molecule has 2 N–H and O–H groups in total. The Morgan fingerprint density at radius 1 is 1.50 bits per heavy atom. The molecule has 1 heterocycles. The fraction of sp³-hybridized carbons (Fsp3) is 0.111. The van der Waals surface area contributed by atoms with Crippen molar-refractivity contribution >= 4 is 32.8 Å². The summed E-state index contributed by atoms with van der Waals surface area (Å²) < 4.78 is 1.59. The number of nitrogens with two attached hydrogens (primary N) is 1. The summed E-state index contributed by atoms with van der Waals surface area (Å²) in [5, 5.41) is 11.5. The molecule has 0 saturated carbocycles. The average Bonchev–Trinajstić information content (AvgIpc) is 2.07. The number of fused-ring (bicyclic) bond motifs is 1. The molecule has 0 bridgehead atoms. The van der Waals surface area contributed by atoms with Crippen molar-refractivity contribution in [3.8, 4) is 0 Å². The molecule has 0 fully saturated rings. The van der Waals surface area contributed by atoms with Gasteiger partial charge in [-0.2, -0.15) is 4.73 Å². The Hall–Kier alpha value is -1.36. The zero-order chi connectivity index (χ0) is 10.3. The highest BCUT2D eigenvalue weighted by Gasteiger charge is 2.10. The van der Waals surface area contributed by atoms with Crippen LogP contribution in [0.3, 0.4) is 0 Å². The molecule has 0 saturated heterocycles. The van der Waals surface area contributed by atoms with Crippen LogP contribution in [0.2, 0.25) is 0 Å². The van der Waals surface area contributed by atoms with Crippen molar-refractivity contribution in [2.45, 2.75) is 6.92 Å². The molecule has 0 aliphatic carbocycles. The van der Waals surface area contributed by atoms with Gasteiger partial charge in [0, 0.05) is 10.5 Å². The minimum atomic E-state index is 0.234. The van der Waals surface area contributed by atoms with Gasteiger partial charge in [0.2, 0.25) is 11.7 Å². The lowest BCUT2D eigenvalue weighted by Gasteiger charge is -2.04. The number of nitrogens with zero attached hydrogens (tertiary/aromatic N) is 2. The van der Waals surface area contributed by atoms with Crippen LogP contribution in [-0.4, -0.2) is 4.98 Å². The summed E-state index contributed by atoms with van der Waals surface area (Å²) in [7, 11) is 0. The van der Waals surface area contributed by atoms with E-state index in [1.54, 1.807) is 6.07 Å². The Kier molecular flexibility index (Phi) is 2.03. The van der Waals surface area contributed by atoms with Crippen molar-refractivity contribution in [3.63, 3.8) is 0 Å². The quantitative estimate of drug-likeness (QED) is 0.572. The maximum Gasteiger partial charge on any atom is 0.243 e. The van der Waals surface area contributed by atoms with Gasteiger partial charge in [-0.15, -0.1) is 0 Å². The third-order valence-electron chi connectivity index (χ3n) is 1.97. The van der Waals surface area contributed by atoms with Crippen LogP contribution in [0.15, 0.2) is 22.8 Å². The minimum Gasteiger partial charge on any atom is -0.618 e. The van der Waals surface area contributed by atoms with Gasteiger partial charge in [0.05, 0.1) is 0 Å². The summed E-state index contributed by atoms with van der Waals surface area (Å²) in [5.74, 6) is 0.234. The first kappa shape index (κ1) is 9.21. The molecule has 0 amide bonds. The molecule has 5 heteroatoms. The van der Waals surface area contributed by atoms with Crippen LogP contribution in [0.1, 0.15) is 5.56 Å². The summed E-state index contributed by atoms with van der Waals surface area (Å²) in [6, 6.07) is 3.62. The summed E-state index contributed by atoms with van der Waals surface area (Å²) in [4.78, 5) is 4.11. The van der Waals surface area contributed by atoms with Crippen LogP contribution in [-0.2, 0) is 0 Å². The molecule has 0 aliphatic heterocycles. The van der Waals surface area contributed by atoms with E-state index in [0.29, 0.717) is 11.0 Å². The Labute approximate surface area is 89.1 Å². The van der Waals surface area contributed by atoms with Crippen molar-refractivity contribution in [3.05, 3.63) is 33.6 Å². The highest BCUT2D eigenvalue weighted by Crippen LogP contribution is 2.20. The van der Waals surface area contributed by atoms with Crippen molar-refractivity contribution in [1.29, 1.82) is 0 Å². The number of halogens is 1. The van der Waals surface area contributed by atoms with E-state index < -0.39 is 0 Å². The fourth-order valence-electron chi connectivity index (χ4n) is 1.38. The number of benzene rings is 1. The molecular weight excluding hydrogens is 246 g/mol. The number of anilines is 1. The highest BCUT2D eigenvalue weighted by molar-refractivity contribution is 9.10. The third-order valence-corrected chi connectivity index (χ3v) is 2.43. The molecule has 4 nitrogen and oxygen atoms in total. The second-order valence-corrected chi connectivity index (χ2v) is 4.00. The molecule has 0 radical (unpaired) electrons. The largest absolute Gasteiger partial charge is 0.618 e. The Bertz CT molecular complexity index is 466. The van der Waals surface area contributed by atoms with Crippen LogP contribution in [0.4, 0.5) is 5.82 Å². The van der Waals surface area contributed by atoms with Gasteiger partial charge in [-0.3, -0.25) is 0 Å². The van der Waals surface area contributed by atoms with Crippen LogP contribution in [0, 0.1) is 12.1 Å². The molecule has 1 aromatic carbocycles. The number of nitrogen functional groups attached to an aromatic ring is 1. The minimum absolute atomic E-state index is 0.234. The van der Waals surface area contributed by atoms with E-state index in [2.05, 4.69) is 20.9 Å². The van der Waals surface area contributed by atoms with E-state index in [1.165, 1.54) is 6.20 Å². The number of rotatable bonds is 0. The highest BCUT2D eigenvalue weighted by atomic mass is 79.9. The first-order chi connectivity index (χ1) is 6.58. The number of aryl methyl sites for hydroxylation is 1. The predicted octanol–water partition coefficient (Wildman–Crippen LogP) is 1.52. The molecule has 0 atom stereocenters. The van der Waals surface area contributed by atoms with Crippen molar-refractivity contribution in [2.75, 3.05) is 5.73 Å². The summed E-state index contributed by atoms with van der Waals surface area (Å²) >= 11 is 3.32. The van der Waals surface area contributed by atoms with Gasteiger partial charge < -0.3 is 10.9 Å². The van der Waals surface area contributed by atoms with Crippen molar-refractivity contribution in [2.24, 2.45) is 0 Å². The van der Waals surface area contributed by atoms with Gasteiger partial charge in [-0.05, 0) is 18.6 Å². The predicted molar refractivity (Wildman–Crippen MR) is 57.6 cm³/mol. The van der Waals surface area contributed by atoms with Crippen LogP contribution in [0.5, 0.6) is 0 Å². The van der Waals surface area contributed by atoms with E-state index in [4.69, 9.17) is 5.73 Å². The molecule has 2 aromatic rings. The van der Waals surface area contributed by atoms with Gasteiger partial charge in [0.25, 0.3) is 0 Å². The van der Waals surface area contributed by atoms with E-state index >= 15 is 0 Å². The molecule has 0 unspecified atom stereocenters. The Balaban J connectivity index is 2.94. The topological polar surface area (TPSA) is 65.8 Å². The first-order valence-electron chi connectivity index (χ1n) is 4.03. The average molecular weight is 254 g/mol. The van der Waals surface area contributed by atoms with Crippen molar-refractivity contribution < 1.29 is 4.73 Å². The monoisotopic (exact) mass is 253 g/mol. The van der Waals surface area contributed by atoms with Gasteiger partial charge >= 0.3 is 0 Å². The second kappa shape index (κ2) is 3.09. The third kappa shape index (κ3) is 1.39. The summed E-state index contributed by atoms with van der Waals surface area (Å²) in [6.45, 7) is 1.89. The van der Waals surface area contributed by atoms with Gasteiger partial charge in [-0.25, -0.2) is 4.98 Å². The van der Waals surface area contributed by atoms with E-state index in [0.717, 1.165) is 14.8 Å². The smallest absolute Gasteiger partial charge is 0.243 e. The Morgan fingerprint density at radius 2 is 2.21 bits per heavy atom. The van der Waals surface area contributed by atoms with E-state index in [9.17, 15) is 5.21 Å². The molecule has 1 aromatic heterocycles. The van der Waals surface area contributed by atoms with Gasteiger partial charge in [0.1, 0.15) is 5.52 Å². The molecular formula is C9H8BrN3O. The maximum absolute atomic E-state index is 11.5. The lowest BCUT2D eigenvalue weighted by atomic mass is 10.2. The zero-order valence-electron chi connectivity index (χ0n) is 7.49. The number of hydrogen-bond acceptors (Lipinski definition) is 3. The lowest BCUT2D eigenvalue weighted by molar-refractivity contribution is -0.576. The normalized spacial score (nSPS) is 10.7. The van der Waals surface area contributed by atoms with Crippen LogP contribution in [0.25, 0.3) is 11.0 Å². The van der Waals surface area contributed by atoms with E-state index in [1.807, 2.05) is 13.0 Å². The zero-order valence-corrected chi connectivity index (χ0v) is 9.08. The summed E-state index contributed by atoms with van der Waals surface area (Å²) in [6.07, 6.45) is 1.26. The van der Waals surface area contributed by atoms with Crippen molar-refractivity contribution in [1.82, 2.24) is 4.98 Å². The fourth-order valence-corrected chi connectivity index (χ4v) is 1.94. The second-order valence-electron chi connectivity index (χ2n) is 3.08.